The Hall–Kier alpha value is -0.290. The third-order valence-corrected chi connectivity index (χ3v) is 3.46. The molecule has 1 saturated heterocycles. The average Bonchev–Trinajstić information content (AvgIpc) is 2.28. The molecule has 1 aromatic rings. The summed E-state index contributed by atoms with van der Waals surface area (Å²) < 4.78 is 1.29. The van der Waals surface area contributed by atoms with Crippen molar-refractivity contribution in [2.75, 3.05) is 18.4 Å². The lowest BCUT2D eigenvalue weighted by molar-refractivity contribution is 0.414. The zero-order valence-electron chi connectivity index (χ0n) is 8.80. The number of rotatable bonds is 3. The average molecular weight is 316 g/mol. The SMILES string of the molecule is Ic1cccc(NCC2CCCCN2)c1. The highest BCUT2D eigenvalue weighted by molar-refractivity contribution is 14.1. The van der Waals surface area contributed by atoms with Crippen molar-refractivity contribution < 1.29 is 0 Å². The topological polar surface area (TPSA) is 24.1 Å². The van der Waals surface area contributed by atoms with Crippen LogP contribution in [0.2, 0.25) is 0 Å². The highest BCUT2D eigenvalue weighted by Gasteiger charge is 2.11. The number of piperidine rings is 1. The molecule has 1 aromatic carbocycles. The fourth-order valence-electron chi connectivity index (χ4n) is 1.94. The third kappa shape index (κ3) is 3.65. The predicted molar refractivity (Wildman–Crippen MR) is 73.3 cm³/mol. The van der Waals surface area contributed by atoms with Gasteiger partial charge in [0.2, 0.25) is 0 Å². The summed E-state index contributed by atoms with van der Waals surface area (Å²) in [5.41, 5.74) is 1.23. The van der Waals surface area contributed by atoms with Gasteiger partial charge in [0, 0.05) is 21.8 Å². The molecule has 1 atom stereocenters. The van der Waals surface area contributed by atoms with Crippen molar-refractivity contribution in [3.8, 4) is 0 Å². The van der Waals surface area contributed by atoms with Crippen molar-refractivity contribution in [2.24, 2.45) is 0 Å². The molecule has 0 amide bonds. The summed E-state index contributed by atoms with van der Waals surface area (Å²) in [6.45, 7) is 2.22. The largest absolute Gasteiger partial charge is 0.383 e. The molecule has 0 aromatic heterocycles. The van der Waals surface area contributed by atoms with E-state index in [-0.39, 0.29) is 0 Å². The molecule has 1 heterocycles. The van der Waals surface area contributed by atoms with Gasteiger partial charge >= 0.3 is 0 Å². The monoisotopic (exact) mass is 316 g/mol. The summed E-state index contributed by atoms with van der Waals surface area (Å²) >= 11 is 2.34. The first-order valence-electron chi connectivity index (χ1n) is 5.57. The van der Waals surface area contributed by atoms with E-state index in [0.717, 1.165) is 6.54 Å². The Morgan fingerprint density at radius 3 is 3.07 bits per heavy atom. The fraction of sp³-hybridized carbons (Fsp3) is 0.500. The zero-order valence-corrected chi connectivity index (χ0v) is 11.0. The number of hydrogen-bond donors (Lipinski definition) is 2. The Kier molecular flexibility index (Phi) is 4.26. The maximum atomic E-state index is 3.54. The summed E-state index contributed by atoms with van der Waals surface area (Å²) in [5.74, 6) is 0. The molecule has 15 heavy (non-hydrogen) atoms. The predicted octanol–water partition coefficient (Wildman–Crippen LogP) is 2.85. The van der Waals surface area contributed by atoms with Gasteiger partial charge in [0.05, 0.1) is 0 Å². The Bertz CT molecular complexity index is 308. The third-order valence-electron chi connectivity index (χ3n) is 2.79. The van der Waals surface area contributed by atoms with Crippen LogP contribution in [0, 0.1) is 3.57 Å². The first kappa shape index (κ1) is 11.2. The van der Waals surface area contributed by atoms with Crippen LogP contribution in [-0.4, -0.2) is 19.1 Å². The van der Waals surface area contributed by atoms with Gasteiger partial charge in [-0.2, -0.15) is 0 Å². The maximum Gasteiger partial charge on any atom is 0.0351 e. The van der Waals surface area contributed by atoms with Gasteiger partial charge in [0.25, 0.3) is 0 Å². The second-order valence-electron chi connectivity index (χ2n) is 4.04. The summed E-state index contributed by atoms with van der Waals surface area (Å²) in [5, 5.41) is 7.03. The van der Waals surface area contributed by atoms with Crippen molar-refractivity contribution in [3.05, 3.63) is 27.8 Å². The molecule has 0 aliphatic carbocycles. The minimum absolute atomic E-state index is 0.650. The minimum atomic E-state index is 0.650. The molecule has 0 spiro atoms. The van der Waals surface area contributed by atoms with E-state index in [2.05, 4.69) is 57.5 Å². The van der Waals surface area contributed by atoms with Crippen LogP contribution in [0.15, 0.2) is 24.3 Å². The standard InChI is InChI=1S/C12H17IN2/c13-10-4-3-6-11(8-10)15-9-12-5-1-2-7-14-12/h3-4,6,8,12,14-15H,1-2,5,7,9H2. The number of nitrogens with one attached hydrogen (secondary N) is 2. The molecule has 82 valence electrons. The fourth-order valence-corrected chi connectivity index (χ4v) is 2.48. The Morgan fingerprint density at radius 1 is 1.40 bits per heavy atom. The van der Waals surface area contributed by atoms with Gasteiger partial charge in [-0.1, -0.05) is 12.5 Å². The van der Waals surface area contributed by atoms with E-state index in [1.54, 1.807) is 0 Å². The summed E-state index contributed by atoms with van der Waals surface area (Å²) in [6, 6.07) is 9.17. The van der Waals surface area contributed by atoms with Gasteiger partial charge in [-0.3, -0.25) is 0 Å². The molecule has 0 bridgehead atoms. The minimum Gasteiger partial charge on any atom is -0.383 e. The molecule has 2 N–H and O–H groups in total. The van der Waals surface area contributed by atoms with Crippen molar-refractivity contribution in [3.63, 3.8) is 0 Å². The van der Waals surface area contributed by atoms with Crippen molar-refractivity contribution in [1.29, 1.82) is 0 Å². The van der Waals surface area contributed by atoms with E-state index < -0.39 is 0 Å². The van der Waals surface area contributed by atoms with E-state index in [9.17, 15) is 0 Å². The van der Waals surface area contributed by atoms with Crippen molar-refractivity contribution >= 4 is 28.3 Å². The van der Waals surface area contributed by atoms with E-state index >= 15 is 0 Å². The van der Waals surface area contributed by atoms with E-state index in [1.165, 1.54) is 35.1 Å². The number of hydrogen-bond acceptors (Lipinski definition) is 2. The molecule has 1 aliphatic heterocycles. The summed E-state index contributed by atoms with van der Waals surface area (Å²) in [6.07, 6.45) is 4.00. The van der Waals surface area contributed by atoms with Gasteiger partial charge in [-0.05, 0) is 60.2 Å². The van der Waals surface area contributed by atoms with Crippen LogP contribution in [0.3, 0.4) is 0 Å². The lowest BCUT2D eigenvalue weighted by Gasteiger charge is -2.24. The molecule has 0 saturated carbocycles. The van der Waals surface area contributed by atoms with Crippen molar-refractivity contribution in [2.45, 2.75) is 25.3 Å². The van der Waals surface area contributed by atoms with Gasteiger partial charge in [-0.25, -0.2) is 0 Å². The van der Waals surface area contributed by atoms with Crippen LogP contribution in [0.5, 0.6) is 0 Å². The van der Waals surface area contributed by atoms with E-state index in [0.29, 0.717) is 6.04 Å². The highest BCUT2D eigenvalue weighted by Crippen LogP contribution is 2.13. The lowest BCUT2D eigenvalue weighted by Crippen LogP contribution is -2.39. The molecule has 2 rings (SSSR count). The Labute approximate surface area is 105 Å². The molecule has 3 heteroatoms. The first-order valence-corrected chi connectivity index (χ1v) is 6.65. The van der Waals surface area contributed by atoms with Crippen LogP contribution in [0.1, 0.15) is 19.3 Å². The molecule has 0 radical (unpaired) electrons. The van der Waals surface area contributed by atoms with Crippen LogP contribution in [0.25, 0.3) is 0 Å². The normalized spacial score (nSPS) is 21.3. The molecule has 2 nitrogen and oxygen atoms in total. The Balaban J connectivity index is 1.81. The van der Waals surface area contributed by atoms with Gasteiger partial charge in [0.1, 0.15) is 0 Å². The number of anilines is 1. The molecular formula is C12H17IN2. The summed E-state index contributed by atoms with van der Waals surface area (Å²) in [7, 11) is 0. The van der Waals surface area contributed by atoms with E-state index in [1.807, 2.05) is 0 Å². The van der Waals surface area contributed by atoms with Crippen LogP contribution < -0.4 is 10.6 Å². The first-order chi connectivity index (χ1) is 7.34. The second-order valence-corrected chi connectivity index (χ2v) is 5.28. The summed E-state index contributed by atoms with van der Waals surface area (Å²) in [4.78, 5) is 0. The van der Waals surface area contributed by atoms with Crippen LogP contribution in [-0.2, 0) is 0 Å². The smallest absolute Gasteiger partial charge is 0.0351 e. The molecule has 1 aliphatic rings. The van der Waals surface area contributed by atoms with Crippen molar-refractivity contribution in [1.82, 2.24) is 5.32 Å². The van der Waals surface area contributed by atoms with Gasteiger partial charge < -0.3 is 10.6 Å². The van der Waals surface area contributed by atoms with Gasteiger partial charge in [-0.15, -0.1) is 0 Å². The quantitative estimate of drug-likeness (QED) is 0.838. The van der Waals surface area contributed by atoms with Gasteiger partial charge in [0.15, 0.2) is 0 Å². The highest BCUT2D eigenvalue weighted by atomic mass is 127. The molecule has 1 unspecified atom stereocenters. The maximum absolute atomic E-state index is 3.54. The number of halogens is 1. The second kappa shape index (κ2) is 5.70. The Morgan fingerprint density at radius 2 is 2.33 bits per heavy atom. The molecular weight excluding hydrogens is 299 g/mol. The number of benzene rings is 1. The molecule has 1 fully saturated rings. The van der Waals surface area contributed by atoms with E-state index in [4.69, 9.17) is 0 Å². The zero-order chi connectivity index (χ0) is 10.5. The van der Waals surface area contributed by atoms with Crippen LogP contribution in [0.4, 0.5) is 5.69 Å². The van der Waals surface area contributed by atoms with Crippen LogP contribution >= 0.6 is 22.6 Å². The lowest BCUT2D eigenvalue weighted by atomic mass is 10.1.